The highest BCUT2D eigenvalue weighted by Gasteiger charge is 2.29. The molecule has 0 aromatic heterocycles. The van der Waals surface area contributed by atoms with Crippen LogP contribution in [0.25, 0.3) is 0 Å². The number of aliphatic hydroxyl groups excluding tert-OH is 2. The van der Waals surface area contributed by atoms with Gasteiger partial charge in [-0.25, -0.2) is 0 Å². The molecule has 2 heterocycles. The van der Waals surface area contributed by atoms with Gasteiger partial charge in [0.2, 0.25) is 0 Å². The Hall–Kier alpha value is -6.12. The van der Waals surface area contributed by atoms with Gasteiger partial charge in [0.15, 0.2) is 0 Å². The van der Waals surface area contributed by atoms with Crippen LogP contribution in [0, 0.1) is 0 Å². The fraction of sp³-hybridized carbons (Fsp3) is 0.500. The molecule has 12 heteroatoms. The second kappa shape index (κ2) is 24.7. The molecule has 452 valence electrons. The van der Waals surface area contributed by atoms with E-state index in [0.717, 1.165) is 85.7 Å². The summed E-state index contributed by atoms with van der Waals surface area (Å²) in [6.07, 6.45) is 1.26. The van der Waals surface area contributed by atoms with E-state index in [2.05, 4.69) is 151 Å². The molecule has 6 aromatic rings. The lowest BCUT2D eigenvalue weighted by Crippen LogP contribution is -2.46. The van der Waals surface area contributed by atoms with Crippen molar-refractivity contribution in [2.75, 3.05) is 78.7 Å². The molecule has 0 amide bonds. The third-order valence-corrected chi connectivity index (χ3v) is 18.1. The number of nitrogens with zero attached hydrogens (tertiary/aromatic N) is 4. The van der Waals surface area contributed by atoms with Crippen LogP contribution in [0.4, 0.5) is 0 Å². The molecular formula is C72H96N4O8. The number of benzene rings is 6. The summed E-state index contributed by atoms with van der Waals surface area (Å²) in [4.78, 5) is 9.35. The smallest absolute Gasteiger partial charge is 0.122 e. The quantitative estimate of drug-likeness (QED) is 0.0724. The van der Waals surface area contributed by atoms with E-state index in [1.165, 1.54) is 0 Å². The zero-order valence-electron chi connectivity index (χ0n) is 52.4. The lowest BCUT2D eigenvalue weighted by molar-refractivity contribution is 0.108. The van der Waals surface area contributed by atoms with E-state index in [4.69, 9.17) is 0 Å². The second-order valence-corrected chi connectivity index (χ2v) is 28.8. The Morgan fingerprint density at radius 1 is 0.274 bits per heavy atom. The maximum atomic E-state index is 12.7. The number of rotatable bonds is 8. The van der Waals surface area contributed by atoms with Gasteiger partial charge in [0.05, 0.1) is 13.2 Å². The van der Waals surface area contributed by atoms with E-state index in [-0.39, 0.29) is 108 Å². The van der Waals surface area contributed by atoms with Gasteiger partial charge in [0, 0.05) is 117 Å². The van der Waals surface area contributed by atoms with Gasteiger partial charge in [-0.2, -0.15) is 0 Å². The number of fused-ring (bicyclic) bond motifs is 12. The Balaban J connectivity index is 1.27. The molecule has 0 unspecified atom stereocenters. The predicted octanol–water partition coefficient (Wildman–Crippen LogP) is 11.2. The van der Waals surface area contributed by atoms with Crippen molar-refractivity contribution in [3.63, 3.8) is 0 Å². The van der Waals surface area contributed by atoms with Crippen molar-refractivity contribution in [2.45, 2.75) is 156 Å². The topological polar surface area (TPSA) is 175 Å². The first-order valence-electron chi connectivity index (χ1n) is 30.6. The molecule has 1 aliphatic carbocycles. The van der Waals surface area contributed by atoms with E-state index >= 15 is 0 Å². The summed E-state index contributed by atoms with van der Waals surface area (Å²) in [6, 6.07) is 24.6. The van der Waals surface area contributed by atoms with Gasteiger partial charge in [-0.15, -0.1) is 0 Å². The lowest BCUT2D eigenvalue weighted by Gasteiger charge is -2.34. The Morgan fingerprint density at radius 2 is 0.440 bits per heavy atom. The van der Waals surface area contributed by atoms with E-state index in [0.29, 0.717) is 92.9 Å². The molecule has 8 N–H and O–H groups in total. The zero-order valence-corrected chi connectivity index (χ0v) is 52.4. The fourth-order valence-corrected chi connectivity index (χ4v) is 12.6. The third-order valence-electron chi connectivity index (χ3n) is 18.1. The van der Waals surface area contributed by atoms with E-state index in [9.17, 15) is 40.9 Å². The molecule has 0 saturated carbocycles. The monoisotopic (exact) mass is 1140 g/mol. The lowest BCUT2D eigenvalue weighted by atomic mass is 9.80. The van der Waals surface area contributed by atoms with Gasteiger partial charge in [-0.05, 0) is 122 Å². The largest absolute Gasteiger partial charge is 0.507 e. The Bertz CT molecular complexity index is 2950. The molecule has 9 rings (SSSR count). The molecule has 2 saturated heterocycles. The number of phenols is 6. The first kappa shape index (κ1) is 62.4. The Kier molecular flexibility index (Phi) is 18.3. The Labute approximate surface area is 500 Å². The number of aliphatic hydroxyl groups is 2. The molecule has 12 nitrogen and oxygen atoms in total. The summed E-state index contributed by atoms with van der Waals surface area (Å²) in [7, 11) is 0. The molecule has 0 spiro atoms. The van der Waals surface area contributed by atoms with Crippen molar-refractivity contribution in [3.8, 4) is 34.5 Å². The molecule has 84 heavy (non-hydrogen) atoms. The molecule has 6 aromatic carbocycles. The normalized spacial score (nSPS) is 16.6. The maximum absolute atomic E-state index is 12.7. The van der Waals surface area contributed by atoms with E-state index in [1.54, 1.807) is 0 Å². The van der Waals surface area contributed by atoms with Crippen LogP contribution in [0.15, 0.2) is 72.8 Å². The number of hydrogen-bond donors (Lipinski definition) is 8. The molecule has 12 bridgehead atoms. The highest BCUT2D eigenvalue weighted by Crippen LogP contribution is 2.44. The van der Waals surface area contributed by atoms with Crippen LogP contribution in [-0.4, -0.2) is 139 Å². The average Bonchev–Trinajstić information content (AvgIpc) is 2.23. The minimum Gasteiger partial charge on any atom is -0.507 e. The van der Waals surface area contributed by atoms with Gasteiger partial charge >= 0.3 is 0 Å². The van der Waals surface area contributed by atoms with Crippen LogP contribution in [0.3, 0.4) is 0 Å². The number of β-amino-alcohol motifs (C(OH)–C–C–N with tert-alkyl or cyclic N) is 2. The van der Waals surface area contributed by atoms with Crippen LogP contribution in [0.2, 0.25) is 0 Å². The first-order chi connectivity index (χ1) is 39.4. The minimum atomic E-state index is -0.334. The molecule has 0 radical (unpaired) electrons. The average molecular weight is 1150 g/mol. The van der Waals surface area contributed by atoms with Crippen molar-refractivity contribution >= 4 is 0 Å². The summed E-state index contributed by atoms with van der Waals surface area (Å²) in [5.74, 6) is 0.582. The number of hydrogen-bond acceptors (Lipinski definition) is 12. The van der Waals surface area contributed by atoms with E-state index in [1.807, 2.05) is 24.3 Å². The SMILES string of the molecule is CC(C)(C)c1cc2c(O)c(c1)Cc1cc(C(C)(C)C)cc(c1O)Cc1cc(CN3CCN(CCO)CC3)cc(c1O)Cc1cc(C(C)(C)C)cc(c1O)Cc1cc(C(C)(C)C)cc(c1O)Cc1cc(CN3CCN(CCO)CC3)cc(c1O)C2. The van der Waals surface area contributed by atoms with Crippen molar-refractivity contribution in [1.82, 2.24) is 19.6 Å². The number of aromatic hydroxyl groups is 6. The van der Waals surface area contributed by atoms with Gasteiger partial charge in [-0.3, -0.25) is 19.6 Å². The standard InChI is InChI=1S/C72H96N4O8/c1-69(2,3)59-35-51-29-47-25-45(43-75-17-13-73(14-18-75)21-23-77)26-48(63(47)79)30-53-37-61(71(7,8)9)41-57(67(53)83)34-58-42-62(72(10,11)12)38-54(68(58)84)32-50-28-46(44-76-19-15-74(16-20-76)22-24-78)27-49(64(50)80)31-52-36-60(70(4,5)6)40-56(66(52)82)33-55(39-59)65(51)81/h25-28,35-42,77-84H,13-24,29-34,43-44H2,1-12H3. The van der Waals surface area contributed by atoms with Crippen LogP contribution in [-0.2, 0) is 73.3 Å². The molecular weight excluding hydrogens is 1050 g/mol. The van der Waals surface area contributed by atoms with Gasteiger partial charge < -0.3 is 40.9 Å². The summed E-state index contributed by atoms with van der Waals surface area (Å²) in [5, 5.41) is 95.6. The maximum Gasteiger partial charge on any atom is 0.122 e. The van der Waals surface area contributed by atoms with Gasteiger partial charge in [0.25, 0.3) is 0 Å². The van der Waals surface area contributed by atoms with E-state index < -0.39 is 0 Å². The number of phenolic OH excluding ortho intramolecular Hbond substituents is 6. The van der Waals surface area contributed by atoms with Crippen LogP contribution in [0.1, 0.15) is 183 Å². The highest BCUT2D eigenvalue weighted by molar-refractivity contribution is 5.60. The molecule has 3 aliphatic rings. The summed E-state index contributed by atoms with van der Waals surface area (Å²) < 4.78 is 0. The third kappa shape index (κ3) is 14.4. The number of piperazine rings is 2. The summed E-state index contributed by atoms with van der Waals surface area (Å²) in [6.45, 7) is 35.1. The Morgan fingerprint density at radius 3 is 0.607 bits per heavy atom. The van der Waals surface area contributed by atoms with Crippen molar-refractivity contribution in [2.24, 2.45) is 0 Å². The molecule has 0 atom stereocenters. The van der Waals surface area contributed by atoms with Crippen molar-refractivity contribution < 1.29 is 40.9 Å². The van der Waals surface area contributed by atoms with Crippen LogP contribution in [0.5, 0.6) is 34.5 Å². The van der Waals surface area contributed by atoms with Gasteiger partial charge in [-0.1, -0.05) is 156 Å². The minimum absolute atomic E-state index is 0.0966. The predicted molar refractivity (Wildman–Crippen MR) is 338 cm³/mol. The van der Waals surface area contributed by atoms with Crippen LogP contribution < -0.4 is 0 Å². The fourth-order valence-electron chi connectivity index (χ4n) is 12.6. The molecule has 2 aliphatic heterocycles. The van der Waals surface area contributed by atoms with Crippen molar-refractivity contribution in [1.29, 1.82) is 0 Å². The first-order valence-corrected chi connectivity index (χ1v) is 30.6. The molecule has 2 fully saturated rings. The highest BCUT2D eigenvalue weighted by atomic mass is 16.3. The van der Waals surface area contributed by atoms with Crippen LogP contribution >= 0.6 is 0 Å². The summed E-state index contributed by atoms with van der Waals surface area (Å²) >= 11 is 0. The van der Waals surface area contributed by atoms with Crippen molar-refractivity contribution in [3.05, 3.63) is 173 Å². The van der Waals surface area contributed by atoms with Gasteiger partial charge in [0.1, 0.15) is 34.5 Å². The zero-order chi connectivity index (χ0) is 60.8. The second-order valence-electron chi connectivity index (χ2n) is 28.8. The summed E-state index contributed by atoms with van der Waals surface area (Å²) in [5.41, 5.74) is 12.5.